The van der Waals surface area contributed by atoms with E-state index in [9.17, 15) is 9.90 Å². The monoisotopic (exact) mass is 363 g/mol. The third kappa shape index (κ3) is 4.57. The number of hydrogen-bond donors (Lipinski definition) is 2. The molecule has 2 aromatic carbocycles. The molecule has 6 heteroatoms. The summed E-state index contributed by atoms with van der Waals surface area (Å²) in [6.07, 6.45) is 0. The lowest BCUT2D eigenvalue weighted by Crippen LogP contribution is -2.06. The molecule has 134 valence electrons. The van der Waals surface area contributed by atoms with E-state index in [-0.39, 0.29) is 5.56 Å². The van der Waals surface area contributed by atoms with Crippen LogP contribution in [0.4, 0.5) is 5.69 Å². The fraction of sp³-hybridized carbons (Fsp3) is 0.316. The molecule has 0 saturated heterocycles. The first-order valence-corrected chi connectivity index (χ1v) is 8.50. The van der Waals surface area contributed by atoms with Gasteiger partial charge < -0.3 is 19.9 Å². The standard InChI is InChI=1S/C19H22ClNO4/c1-4-24-17-10-13(9-15(20)18(17)25-5-2)11-21-16-8-6-7-14(12(16)3)19(22)23/h6-10,21H,4-5,11H2,1-3H3,(H,22,23). The number of carboxylic acid groups (broad SMARTS) is 1. The van der Waals surface area contributed by atoms with Gasteiger partial charge in [0.2, 0.25) is 0 Å². The summed E-state index contributed by atoms with van der Waals surface area (Å²) in [5.41, 5.74) is 2.65. The maximum Gasteiger partial charge on any atom is 0.336 e. The highest BCUT2D eigenvalue weighted by Crippen LogP contribution is 2.37. The second-order valence-electron chi connectivity index (χ2n) is 5.41. The summed E-state index contributed by atoms with van der Waals surface area (Å²) in [7, 11) is 0. The summed E-state index contributed by atoms with van der Waals surface area (Å²) in [6, 6.07) is 8.85. The number of anilines is 1. The van der Waals surface area contributed by atoms with Gasteiger partial charge in [-0.3, -0.25) is 0 Å². The first kappa shape index (κ1) is 18.9. The van der Waals surface area contributed by atoms with Gasteiger partial charge in [0.15, 0.2) is 11.5 Å². The number of nitrogens with one attached hydrogen (secondary N) is 1. The molecule has 0 saturated carbocycles. The van der Waals surface area contributed by atoms with Crippen LogP contribution < -0.4 is 14.8 Å². The van der Waals surface area contributed by atoms with Crippen LogP contribution >= 0.6 is 11.6 Å². The lowest BCUT2D eigenvalue weighted by Gasteiger charge is -2.16. The van der Waals surface area contributed by atoms with Gasteiger partial charge >= 0.3 is 5.97 Å². The smallest absolute Gasteiger partial charge is 0.336 e. The highest BCUT2D eigenvalue weighted by atomic mass is 35.5. The minimum atomic E-state index is -0.941. The van der Waals surface area contributed by atoms with Crippen LogP contribution in [0.3, 0.4) is 0 Å². The number of ether oxygens (including phenoxy) is 2. The molecular weight excluding hydrogens is 342 g/mol. The summed E-state index contributed by atoms with van der Waals surface area (Å²) < 4.78 is 11.2. The lowest BCUT2D eigenvalue weighted by atomic mass is 10.1. The van der Waals surface area contributed by atoms with Crippen molar-refractivity contribution in [1.29, 1.82) is 0 Å². The minimum Gasteiger partial charge on any atom is -0.490 e. The van der Waals surface area contributed by atoms with E-state index in [1.807, 2.05) is 32.0 Å². The number of aromatic carboxylic acids is 1. The highest BCUT2D eigenvalue weighted by Gasteiger charge is 2.13. The van der Waals surface area contributed by atoms with E-state index in [2.05, 4.69) is 5.32 Å². The molecule has 0 aliphatic rings. The summed E-state index contributed by atoms with van der Waals surface area (Å²) in [5.74, 6) is 0.201. The number of halogens is 1. The zero-order valence-electron chi connectivity index (χ0n) is 14.6. The van der Waals surface area contributed by atoms with E-state index in [4.69, 9.17) is 21.1 Å². The van der Waals surface area contributed by atoms with Crippen LogP contribution in [0.5, 0.6) is 11.5 Å². The van der Waals surface area contributed by atoms with Crippen LogP contribution in [-0.2, 0) is 6.54 Å². The molecule has 0 spiro atoms. The average molecular weight is 364 g/mol. The van der Waals surface area contributed by atoms with Crippen LogP contribution in [-0.4, -0.2) is 24.3 Å². The molecule has 0 aromatic heterocycles. The molecule has 5 nitrogen and oxygen atoms in total. The topological polar surface area (TPSA) is 67.8 Å². The van der Waals surface area contributed by atoms with Gasteiger partial charge in [-0.2, -0.15) is 0 Å². The Balaban J connectivity index is 2.24. The zero-order valence-corrected chi connectivity index (χ0v) is 15.3. The Morgan fingerprint density at radius 1 is 1.20 bits per heavy atom. The molecule has 2 aromatic rings. The van der Waals surface area contributed by atoms with E-state index < -0.39 is 5.97 Å². The van der Waals surface area contributed by atoms with Gasteiger partial charge in [0.25, 0.3) is 0 Å². The molecule has 0 unspecified atom stereocenters. The van der Waals surface area contributed by atoms with Crippen molar-refractivity contribution < 1.29 is 19.4 Å². The van der Waals surface area contributed by atoms with Crippen molar-refractivity contribution >= 4 is 23.3 Å². The van der Waals surface area contributed by atoms with Gasteiger partial charge in [-0.25, -0.2) is 4.79 Å². The first-order chi connectivity index (χ1) is 12.0. The van der Waals surface area contributed by atoms with Crippen LogP contribution in [0, 0.1) is 6.92 Å². The Morgan fingerprint density at radius 3 is 2.56 bits per heavy atom. The molecule has 0 fully saturated rings. The van der Waals surface area contributed by atoms with Crippen molar-refractivity contribution in [1.82, 2.24) is 0 Å². The van der Waals surface area contributed by atoms with E-state index in [1.54, 1.807) is 19.1 Å². The van der Waals surface area contributed by atoms with Crippen molar-refractivity contribution in [3.05, 3.63) is 52.0 Å². The molecule has 0 atom stereocenters. The molecule has 0 bridgehead atoms. The number of rotatable bonds is 8. The number of hydrogen-bond acceptors (Lipinski definition) is 4. The number of carboxylic acids is 1. The fourth-order valence-electron chi connectivity index (χ4n) is 2.53. The van der Waals surface area contributed by atoms with Gasteiger partial charge in [0, 0.05) is 12.2 Å². The largest absolute Gasteiger partial charge is 0.490 e. The molecule has 0 aliphatic heterocycles. The van der Waals surface area contributed by atoms with Crippen LogP contribution in [0.1, 0.15) is 35.3 Å². The van der Waals surface area contributed by atoms with Crippen molar-refractivity contribution in [3.8, 4) is 11.5 Å². The van der Waals surface area contributed by atoms with Crippen molar-refractivity contribution in [2.45, 2.75) is 27.3 Å². The van der Waals surface area contributed by atoms with E-state index >= 15 is 0 Å². The molecule has 0 radical (unpaired) electrons. The SMILES string of the molecule is CCOc1cc(CNc2cccc(C(=O)O)c2C)cc(Cl)c1OCC. The zero-order chi connectivity index (χ0) is 18.4. The lowest BCUT2D eigenvalue weighted by molar-refractivity contribution is 0.0696. The number of carbonyl (C=O) groups is 1. The van der Waals surface area contributed by atoms with Crippen molar-refractivity contribution in [2.24, 2.45) is 0 Å². The maximum atomic E-state index is 11.2. The van der Waals surface area contributed by atoms with Gasteiger partial charge in [0.05, 0.1) is 23.8 Å². The Bertz CT molecular complexity index is 761. The van der Waals surface area contributed by atoms with Gasteiger partial charge in [-0.15, -0.1) is 0 Å². The summed E-state index contributed by atoms with van der Waals surface area (Å²) in [5, 5.41) is 13.0. The quantitative estimate of drug-likeness (QED) is 0.708. The van der Waals surface area contributed by atoms with Gasteiger partial charge in [0.1, 0.15) is 0 Å². The highest BCUT2D eigenvalue weighted by molar-refractivity contribution is 6.32. The summed E-state index contributed by atoms with van der Waals surface area (Å²) >= 11 is 6.32. The van der Waals surface area contributed by atoms with Gasteiger partial charge in [-0.05, 0) is 56.2 Å². The Hall–Kier alpha value is -2.40. The summed E-state index contributed by atoms with van der Waals surface area (Å²) in [4.78, 5) is 11.2. The Kier molecular flexibility index (Phi) is 6.53. The molecule has 2 rings (SSSR count). The molecule has 0 amide bonds. The summed E-state index contributed by atoms with van der Waals surface area (Å²) in [6.45, 7) is 7.05. The predicted octanol–water partition coefficient (Wildman–Crippen LogP) is 4.76. The number of benzene rings is 2. The second-order valence-corrected chi connectivity index (χ2v) is 5.81. The average Bonchev–Trinajstić information content (AvgIpc) is 2.57. The minimum absolute atomic E-state index is 0.282. The van der Waals surface area contributed by atoms with Crippen LogP contribution in [0.25, 0.3) is 0 Å². The molecule has 2 N–H and O–H groups in total. The van der Waals surface area contributed by atoms with Crippen molar-refractivity contribution in [3.63, 3.8) is 0 Å². The Labute approximate surface area is 152 Å². The Morgan fingerprint density at radius 2 is 1.92 bits per heavy atom. The third-order valence-electron chi connectivity index (χ3n) is 3.70. The normalized spacial score (nSPS) is 10.4. The molecule has 25 heavy (non-hydrogen) atoms. The predicted molar refractivity (Wildman–Crippen MR) is 99.3 cm³/mol. The van der Waals surface area contributed by atoms with Crippen LogP contribution in [0.15, 0.2) is 30.3 Å². The molecule has 0 heterocycles. The molecular formula is C19H22ClNO4. The van der Waals surface area contributed by atoms with E-state index in [0.29, 0.717) is 41.8 Å². The first-order valence-electron chi connectivity index (χ1n) is 8.12. The van der Waals surface area contributed by atoms with Crippen molar-refractivity contribution in [2.75, 3.05) is 18.5 Å². The maximum absolute atomic E-state index is 11.2. The van der Waals surface area contributed by atoms with Crippen LogP contribution in [0.2, 0.25) is 5.02 Å². The van der Waals surface area contributed by atoms with E-state index in [1.165, 1.54) is 0 Å². The molecule has 0 aliphatic carbocycles. The van der Waals surface area contributed by atoms with E-state index in [0.717, 1.165) is 11.3 Å². The second kappa shape index (κ2) is 8.62. The fourth-order valence-corrected chi connectivity index (χ4v) is 2.81. The van der Waals surface area contributed by atoms with Gasteiger partial charge in [-0.1, -0.05) is 17.7 Å². The third-order valence-corrected chi connectivity index (χ3v) is 3.99.